The molecule has 20 heavy (non-hydrogen) atoms. The van der Waals surface area contributed by atoms with E-state index in [0.29, 0.717) is 5.92 Å². The van der Waals surface area contributed by atoms with Gasteiger partial charge >= 0.3 is 0 Å². The summed E-state index contributed by atoms with van der Waals surface area (Å²) >= 11 is 0. The molecule has 0 aliphatic carbocycles. The molecule has 1 aromatic rings. The van der Waals surface area contributed by atoms with Crippen molar-refractivity contribution in [2.75, 3.05) is 13.1 Å². The van der Waals surface area contributed by atoms with E-state index < -0.39 is 0 Å². The minimum Gasteiger partial charge on any atom is -0.469 e. The van der Waals surface area contributed by atoms with Gasteiger partial charge in [-0.05, 0) is 38.8 Å². The molecule has 1 heterocycles. The van der Waals surface area contributed by atoms with E-state index in [9.17, 15) is 0 Å². The van der Waals surface area contributed by atoms with Crippen molar-refractivity contribution >= 4 is 29.9 Å². The molecular weight excluding hydrogens is 365 g/mol. The number of guanidine groups is 1. The zero-order valence-corrected chi connectivity index (χ0v) is 15.5. The largest absolute Gasteiger partial charge is 0.469 e. The molecule has 5 heteroatoms. The van der Waals surface area contributed by atoms with Crippen LogP contribution in [-0.4, -0.2) is 24.6 Å². The topological polar surface area (TPSA) is 49.6 Å². The summed E-state index contributed by atoms with van der Waals surface area (Å²) < 4.78 is 5.31. The summed E-state index contributed by atoms with van der Waals surface area (Å²) in [4.78, 5) is 4.59. The minimum absolute atomic E-state index is 0. The second-order valence-corrected chi connectivity index (χ2v) is 6.21. The highest BCUT2D eigenvalue weighted by atomic mass is 127. The van der Waals surface area contributed by atoms with E-state index in [2.05, 4.69) is 50.2 Å². The molecule has 0 bridgehead atoms. The second-order valence-electron chi connectivity index (χ2n) is 6.21. The standard InChI is InChI=1S/C15H27N3O.HI/c1-12(2)11-17-14(18-15(3,4)5)16-9-8-13-7-6-10-19-13;/h6-7,10,12H,8-9,11H2,1-5H3,(H2,16,17,18);1H. The fourth-order valence-corrected chi connectivity index (χ4v) is 1.53. The van der Waals surface area contributed by atoms with Gasteiger partial charge < -0.3 is 15.1 Å². The number of hydrogen-bond acceptors (Lipinski definition) is 2. The SMILES string of the molecule is CC(C)CN=C(NCCc1ccco1)NC(C)(C)C.I. The highest BCUT2D eigenvalue weighted by Crippen LogP contribution is 2.01. The van der Waals surface area contributed by atoms with Gasteiger partial charge in [0, 0.05) is 25.0 Å². The van der Waals surface area contributed by atoms with Crippen molar-refractivity contribution in [2.24, 2.45) is 10.9 Å². The van der Waals surface area contributed by atoms with Crippen molar-refractivity contribution in [3.63, 3.8) is 0 Å². The maximum Gasteiger partial charge on any atom is 0.191 e. The van der Waals surface area contributed by atoms with Crippen LogP contribution in [0.15, 0.2) is 27.8 Å². The van der Waals surface area contributed by atoms with Gasteiger partial charge in [0.1, 0.15) is 5.76 Å². The van der Waals surface area contributed by atoms with Crippen molar-refractivity contribution < 1.29 is 4.42 Å². The van der Waals surface area contributed by atoms with E-state index in [1.165, 1.54) is 0 Å². The van der Waals surface area contributed by atoms with Crippen LogP contribution in [0.2, 0.25) is 0 Å². The summed E-state index contributed by atoms with van der Waals surface area (Å²) in [7, 11) is 0. The predicted octanol–water partition coefficient (Wildman–Crippen LogP) is 3.43. The molecule has 0 aromatic carbocycles. The van der Waals surface area contributed by atoms with Crippen LogP contribution in [0.4, 0.5) is 0 Å². The number of furan rings is 1. The quantitative estimate of drug-likeness (QED) is 0.458. The molecule has 0 unspecified atom stereocenters. The summed E-state index contributed by atoms with van der Waals surface area (Å²) in [5.41, 5.74) is 0.00744. The van der Waals surface area contributed by atoms with Gasteiger partial charge in [0.05, 0.1) is 6.26 Å². The van der Waals surface area contributed by atoms with E-state index in [0.717, 1.165) is 31.2 Å². The Morgan fingerprint density at radius 2 is 2.05 bits per heavy atom. The maximum atomic E-state index is 5.31. The van der Waals surface area contributed by atoms with Crippen LogP contribution in [0, 0.1) is 5.92 Å². The molecule has 0 aliphatic rings. The third-order valence-electron chi connectivity index (χ3n) is 2.35. The monoisotopic (exact) mass is 393 g/mol. The molecule has 0 saturated heterocycles. The summed E-state index contributed by atoms with van der Waals surface area (Å²) in [5.74, 6) is 2.42. The maximum absolute atomic E-state index is 5.31. The van der Waals surface area contributed by atoms with E-state index in [4.69, 9.17) is 4.42 Å². The molecule has 1 rings (SSSR count). The van der Waals surface area contributed by atoms with Gasteiger partial charge in [-0.1, -0.05) is 13.8 Å². The summed E-state index contributed by atoms with van der Waals surface area (Å²) in [6, 6.07) is 3.90. The first-order valence-corrected chi connectivity index (χ1v) is 6.96. The zero-order valence-electron chi connectivity index (χ0n) is 13.2. The smallest absolute Gasteiger partial charge is 0.191 e. The van der Waals surface area contributed by atoms with Gasteiger partial charge in [-0.25, -0.2) is 0 Å². The predicted molar refractivity (Wildman–Crippen MR) is 95.9 cm³/mol. The first-order valence-electron chi connectivity index (χ1n) is 6.96. The van der Waals surface area contributed by atoms with Crippen LogP contribution < -0.4 is 10.6 Å². The van der Waals surface area contributed by atoms with Gasteiger partial charge in [-0.2, -0.15) is 0 Å². The highest BCUT2D eigenvalue weighted by Gasteiger charge is 2.12. The number of aliphatic imine (C=N–C) groups is 1. The molecule has 1 aromatic heterocycles. The molecule has 4 nitrogen and oxygen atoms in total. The average molecular weight is 393 g/mol. The molecule has 116 valence electrons. The molecule has 0 radical (unpaired) electrons. The third kappa shape index (κ3) is 9.23. The number of nitrogens with zero attached hydrogens (tertiary/aromatic N) is 1. The fourth-order valence-electron chi connectivity index (χ4n) is 1.53. The number of halogens is 1. The van der Waals surface area contributed by atoms with Gasteiger partial charge in [0.15, 0.2) is 5.96 Å². The normalized spacial score (nSPS) is 12.2. The van der Waals surface area contributed by atoms with E-state index >= 15 is 0 Å². The van der Waals surface area contributed by atoms with Gasteiger partial charge in [0.25, 0.3) is 0 Å². The van der Waals surface area contributed by atoms with Gasteiger partial charge in [-0.15, -0.1) is 24.0 Å². The Hall–Kier alpha value is -0.720. The first-order chi connectivity index (χ1) is 8.87. The molecule has 0 aliphatic heterocycles. The Morgan fingerprint density at radius 3 is 2.55 bits per heavy atom. The summed E-state index contributed by atoms with van der Waals surface area (Å²) in [6.07, 6.45) is 2.57. The highest BCUT2D eigenvalue weighted by molar-refractivity contribution is 14.0. The molecule has 2 N–H and O–H groups in total. The first kappa shape index (κ1) is 19.3. The van der Waals surface area contributed by atoms with Crippen molar-refractivity contribution in [3.8, 4) is 0 Å². The second kappa shape index (κ2) is 9.26. The number of hydrogen-bond donors (Lipinski definition) is 2. The number of rotatable bonds is 5. The Balaban J connectivity index is 0.00000361. The van der Waals surface area contributed by atoms with Crippen molar-refractivity contribution in [3.05, 3.63) is 24.2 Å². The molecule has 0 fully saturated rings. The van der Waals surface area contributed by atoms with Gasteiger partial charge in [0.2, 0.25) is 0 Å². The molecule has 0 spiro atoms. The lowest BCUT2D eigenvalue weighted by atomic mass is 10.1. The Labute approximate surface area is 139 Å². The van der Waals surface area contributed by atoms with Crippen LogP contribution in [0.25, 0.3) is 0 Å². The van der Waals surface area contributed by atoms with Crippen LogP contribution in [0.1, 0.15) is 40.4 Å². The van der Waals surface area contributed by atoms with Crippen molar-refractivity contribution in [1.82, 2.24) is 10.6 Å². The van der Waals surface area contributed by atoms with E-state index in [1.54, 1.807) is 6.26 Å². The lowest BCUT2D eigenvalue weighted by Gasteiger charge is -2.24. The lowest BCUT2D eigenvalue weighted by Crippen LogP contribution is -2.48. The van der Waals surface area contributed by atoms with Crippen LogP contribution in [0.3, 0.4) is 0 Å². The third-order valence-corrected chi connectivity index (χ3v) is 2.35. The minimum atomic E-state index is 0. The Morgan fingerprint density at radius 1 is 1.35 bits per heavy atom. The number of nitrogens with one attached hydrogen (secondary N) is 2. The lowest BCUT2D eigenvalue weighted by molar-refractivity contribution is 0.490. The van der Waals surface area contributed by atoms with E-state index in [-0.39, 0.29) is 29.5 Å². The van der Waals surface area contributed by atoms with E-state index in [1.807, 2.05) is 12.1 Å². The van der Waals surface area contributed by atoms with Crippen LogP contribution in [0.5, 0.6) is 0 Å². The van der Waals surface area contributed by atoms with Crippen molar-refractivity contribution in [2.45, 2.75) is 46.6 Å². The molecule has 0 amide bonds. The van der Waals surface area contributed by atoms with Gasteiger partial charge in [-0.3, -0.25) is 4.99 Å². The van der Waals surface area contributed by atoms with Crippen LogP contribution >= 0.6 is 24.0 Å². The Bertz CT molecular complexity index is 380. The molecule has 0 atom stereocenters. The summed E-state index contributed by atoms with van der Waals surface area (Å²) in [5, 5.41) is 6.75. The fraction of sp³-hybridized carbons (Fsp3) is 0.667. The zero-order chi connectivity index (χ0) is 14.3. The molecular formula is C15H28IN3O. The molecule has 0 saturated carbocycles. The Kier molecular flexibility index (Phi) is 8.93. The average Bonchev–Trinajstić information content (AvgIpc) is 2.76. The summed E-state index contributed by atoms with van der Waals surface area (Å²) in [6.45, 7) is 12.4. The van der Waals surface area contributed by atoms with Crippen LogP contribution in [-0.2, 0) is 6.42 Å². The van der Waals surface area contributed by atoms with Crippen molar-refractivity contribution in [1.29, 1.82) is 0 Å².